The number of rotatable bonds is 7. The van der Waals surface area contributed by atoms with Gasteiger partial charge in [-0.3, -0.25) is 29.4 Å². The van der Waals surface area contributed by atoms with Gasteiger partial charge in [0.05, 0.1) is 25.2 Å². The molecule has 4 aromatic rings. The van der Waals surface area contributed by atoms with E-state index in [0.717, 1.165) is 83.2 Å². The number of hydrogen-bond acceptors (Lipinski definition) is 9. The van der Waals surface area contributed by atoms with Gasteiger partial charge in [0.2, 0.25) is 11.8 Å². The topological polar surface area (TPSA) is 113 Å². The van der Waals surface area contributed by atoms with Crippen molar-refractivity contribution in [3.05, 3.63) is 75.0 Å². The van der Waals surface area contributed by atoms with Crippen LogP contribution in [0.15, 0.2) is 52.8 Å². The standard InChI is InChI=1S/C38H41N5O6S/c1-40-20-29(35-27(37(40)46)10-13-50-35)24-14-32(48-2)30(33(15-24)49-3)21-41-11-8-22-9-12-42(18-25(22)17-41)26-5-4-23-19-43(38(47)28(23)16-26)31-6-7-34(44)39-36(31)45/h4-5,10,13-16,20,22,25,31H,6-9,11-12,17-19,21H2,1-3H3,(H,39,44,45). The van der Waals surface area contributed by atoms with E-state index in [9.17, 15) is 19.2 Å². The molecule has 260 valence electrons. The second-order valence-corrected chi connectivity index (χ2v) is 14.9. The number of nitrogens with zero attached hydrogens (tertiary/aromatic N) is 4. The summed E-state index contributed by atoms with van der Waals surface area (Å²) in [6.45, 7) is 4.87. The number of likely N-dealkylation sites (tertiary alicyclic amines) is 1. The van der Waals surface area contributed by atoms with Crippen LogP contribution in [0.4, 0.5) is 5.69 Å². The lowest BCUT2D eigenvalue weighted by Crippen LogP contribution is -2.52. The van der Waals surface area contributed by atoms with E-state index in [0.29, 0.717) is 42.3 Å². The third kappa shape index (κ3) is 5.64. The molecule has 3 atom stereocenters. The van der Waals surface area contributed by atoms with Gasteiger partial charge in [0.1, 0.15) is 17.5 Å². The number of ether oxygens (including phenoxy) is 2. The van der Waals surface area contributed by atoms with Gasteiger partial charge in [0, 0.05) is 73.9 Å². The fourth-order valence-electron chi connectivity index (χ4n) is 8.47. The van der Waals surface area contributed by atoms with Crippen LogP contribution in [-0.2, 0) is 29.7 Å². The van der Waals surface area contributed by atoms with Crippen molar-refractivity contribution >= 4 is 44.8 Å². The average molecular weight is 696 g/mol. The minimum absolute atomic E-state index is 0.00804. The Balaban J connectivity index is 0.986. The van der Waals surface area contributed by atoms with Crippen molar-refractivity contribution in [1.82, 2.24) is 19.7 Å². The molecule has 3 amide bonds. The number of carbonyl (C=O) groups excluding carboxylic acids is 3. The molecule has 2 aromatic heterocycles. The van der Waals surface area contributed by atoms with Crippen LogP contribution < -0.4 is 25.2 Å². The first-order valence-corrected chi connectivity index (χ1v) is 18.2. The molecule has 0 aliphatic carbocycles. The highest BCUT2D eigenvalue weighted by atomic mass is 32.1. The van der Waals surface area contributed by atoms with E-state index >= 15 is 0 Å². The van der Waals surface area contributed by atoms with E-state index in [4.69, 9.17) is 9.47 Å². The molecular formula is C38H41N5O6S. The zero-order valence-electron chi connectivity index (χ0n) is 28.6. The number of hydrogen-bond donors (Lipinski definition) is 1. The summed E-state index contributed by atoms with van der Waals surface area (Å²) in [5.74, 6) is 1.83. The molecule has 3 saturated heterocycles. The van der Waals surface area contributed by atoms with Crippen molar-refractivity contribution in [2.45, 2.75) is 44.8 Å². The Morgan fingerprint density at radius 3 is 2.44 bits per heavy atom. The number of methoxy groups -OCH3 is 2. The fraction of sp³-hybridized carbons (Fsp3) is 0.421. The molecule has 4 aliphatic heterocycles. The monoisotopic (exact) mass is 695 g/mol. The number of benzene rings is 2. The maximum Gasteiger partial charge on any atom is 0.259 e. The molecule has 50 heavy (non-hydrogen) atoms. The minimum atomic E-state index is -0.612. The molecule has 1 N–H and O–H groups in total. The summed E-state index contributed by atoms with van der Waals surface area (Å²) in [6, 6.07) is 11.5. The number of aryl methyl sites for hydroxylation is 1. The van der Waals surface area contributed by atoms with Crippen molar-refractivity contribution in [2.75, 3.05) is 45.3 Å². The molecule has 0 bridgehead atoms. The number of aromatic nitrogens is 1. The zero-order chi connectivity index (χ0) is 34.7. The number of amides is 3. The Kier molecular flexibility index (Phi) is 8.39. The van der Waals surface area contributed by atoms with E-state index in [1.165, 1.54) is 0 Å². The number of pyridine rings is 1. The predicted molar refractivity (Wildman–Crippen MR) is 192 cm³/mol. The first-order valence-electron chi connectivity index (χ1n) is 17.3. The second kappa shape index (κ2) is 12.9. The Labute approximate surface area is 294 Å². The zero-order valence-corrected chi connectivity index (χ0v) is 29.4. The Morgan fingerprint density at radius 1 is 0.900 bits per heavy atom. The average Bonchev–Trinajstić information content (AvgIpc) is 3.74. The number of piperidine rings is 3. The molecule has 6 heterocycles. The summed E-state index contributed by atoms with van der Waals surface area (Å²) >= 11 is 1.56. The van der Waals surface area contributed by atoms with Gasteiger partial charge < -0.3 is 23.8 Å². The summed E-state index contributed by atoms with van der Waals surface area (Å²) in [4.78, 5) is 56.9. The van der Waals surface area contributed by atoms with Crippen molar-refractivity contribution in [3.8, 4) is 22.6 Å². The Morgan fingerprint density at radius 2 is 1.68 bits per heavy atom. The summed E-state index contributed by atoms with van der Waals surface area (Å²) < 4.78 is 14.5. The van der Waals surface area contributed by atoms with Crippen LogP contribution in [0.2, 0.25) is 0 Å². The van der Waals surface area contributed by atoms with Crippen LogP contribution in [0.5, 0.6) is 11.5 Å². The van der Waals surface area contributed by atoms with Crippen LogP contribution >= 0.6 is 11.3 Å². The van der Waals surface area contributed by atoms with Crippen LogP contribution in [0.1, 0.15) is 47.2 Å². The van der Waals surface area contributed by atoms with E-state index in [2.05, 4.69) is 33.3 Å². The van der Waals surface area contributed by atoms with Gasteiger partial charge in [-0.1, -0.05) is 6.07 Å². The molecule has 8 rings (SSSR count). The van der Waals surface area contributed by atoms with Crippen molar-refractivity contribution in [3.63, 3.8) is 0 Å². The first kappa shape index (κ1) is 32.5. The van der Waals surface area contributed by atoms with Gasteiger partial charge in [0.15, 0.2) is 0 Å². The predicted octanol–water partition coefficient (Wildman–Crippen LogP) is 4.39. The highest BCUT2D eigenvalue weighted by Crippen LogP contribution is 2.41. The molecule has 3 fully saturated rings. The van der Waals surface area contributed by atoms with Gasteiger partial charge in [-0.15, -0.1) is 11.3 Å². The molecule has 3 unspecified atom stereocenters. The molecule has 11 nitrogen and oxygen atoms in total. The smallest absolute Gasteiger partial charge is 0.259 e. The van der Waals surface area contributed by atoms with Gasteiger partial charge in [0.25, 0.3) is 11.5 Å². The lowest BCUT2D eigenvalue weighted by Gasteiger charge is -2.46. The second-order valence-electron chi connectivity index (χ2n) is 14.0. The normalized spacial score (nSPS) is 22.5. The number of fused-ring (bicyclic) bond motifs is 3. The molecule has 0 spiro atoms. The Bertz CT molecular complexity index is 2060. The summed E-state index contributed by atoms with van der Waals surface area (Å²) in [6.07, 6.45) is 4.72. The summed E-state index contributed by atoms with van der Waals surface area (Å²) in [5.41, 5.74) is 5.53. The van der Waals surface area contributed by atoms with Gasteiger partial charge in [-0.05, 0) is 84.5 Å². The number of nitrogens with one attached hydrogen (secondary N) is 1. The van der Waals surface area contributed by atoms with Crippen LogP contribution in [0, 0.1) is 11.8 Å². The summed E-state index contributed by atoms with van der Waals surface area (Å²) in [5, 5.41) is 5.05. The van der Waals surface area contributed by atoms with Crippen molar-refractivity contribution in [1.29, 1.82) is 0 Å². The SMILES string of the molecule is COc1cc(-c2cn(C)c(=O)c3ccsc23)cc(OC)c1CN1CCC2CCN(c3ccc4c(c3)C(=O)N(C3CCC(=O)NC3=O)C4)CC2C1. The minimum Gasteiger partial charge on any atom is -0.496 e. The highest BCUT2D eigenvalue weighted by Gasteiger charge is 2.40. The Hall–Kier alpha value is -4.68. The van der Waals surface area contributed by atoms with Gasteiger partial charge >= 0.3 is 0 Å². The fourth-order valence-corrected chi connectivity index (χ4v) is 9.39. The third-order valence-electron chi connectivity index (χ3n) is 11.2. The molecule has 4 aliphatic rings. The lowest BCUT2D eigenvalue weighted by atomic mass is 9.79. The van der Waals surface area contributed by atoms with E-state index < -0.39 is 6.04 Å². The molecule has 12 heteroatoms. The van der Waals surface area contributed by atoms with E-state index in [1.807, 2.05) is 29.8 Å². The maximum atomic E-state index is 13.5. The highest BCUT2D eigenvalue weighted by molar-refractivity contribution is 7.17. The van der Waals surface area contributed by atoms with Crippen molar-refractivity contribution < 1.29 is 23.9 Å². The van der Waals surface area contributed by atoms with E-state index in [-0.39, 0.29) is 29.7 Å². The number of anilines is 1. The van der Waals surface area contributed by atoms with Crippen LogP contribution in [-0.4, -0.2) is 78.5 Å². The van der Waals surface area contributed by atoms with Crippen LogP contribution in [0.25, 0.3) is 21.2 Å². The molecular weight excluding hydrogens is 655 g/mol. The molecule has 2 aromatic carbocycles. The largest absolute Gasteiger partial charge is 0.496 e. The van der Waals surface area contributed by atoms with Crippen molar-refractivity contribution in [2.24, 2.45) is 18.9 Å². The van der Waals surface area contributed by atoms with Crippen LogP contribution in [0.3, 0.4) is 0 Å². The third-order valence-corrected chi connectivity index (χ3v) is 12.1. The summed E-state index contributed by atoms with van der Waals surface area (Å²) in [7, 11) is 5.17. The van der Waals surface area contributed by atoms with E-state index in [1.54, 1.807) is 42.1 Å². The molecule has 0 saturated carbocycles. The first-order chi connectivity index (χ1) is 24.2. The molecule has 0 radical (unpaired) electrons. The van der Waals surface area contributed by atoms with Gasteiger partial charge in [-0.25, -0.2) is 0 Å². The number of imide groups is 1. The lowest BCUT2D eigenvalue weighted by molar-refractivity contribution is -0.136. The maximum absolute atomic E-state index is 13.5. The quantitative estimate of drug-likeness (QED) is 0.284. The number of thiophene rings is 1. The number of carbonyl (C=O) groups is 3. The van der Waals surface area contributed by atoms with Gasteiger partial charge in [-0.2, -0.15) is 0 Å².